The van der Waals surface area contributed by atoms with E-state index in [9.17, 15) is 15.3 Å². The molecule has 0 saturated heterocycles. The fraction of sp³-hybridized carbons (Fsp3) is 0.514. The Bertz CT molecular complexity index is 1070. The molecular weight excluding hydrogens is 492 g/mol. The summed E-state index contributed by atoms with van der Waals surface area (Å²) < 4.78 is 0. The average Bonchev–Trinajstić information content (AvgIpc) is 2.91. The Morgan fingerprint density at radius 2 is 0.650 bits per heavy atom. The molecule has 0 fully saturated rings. The van der Waals surface area contributed by atoms with Crippen molar-refractivity contribution in [1.29, 1.82) is 0 Å². The monoisotopic (exact) mass is 544 g/mol. The molecule has 0 aliphatic heterocycles. The van der Waals surface area contributed by atoms with Crippen LogP contribution in [0.25, 0.3) is 0 Å². The number of rotatable bonds is 11. The molecule has 0 saturated carbocycles. The van der Waals surface area contributed by atoms with Crippen LogP contribution in [0.3, 0.4) is 0 Å². The maximum atomic E-state index is 10.4. The second-order valence-electron chi connectivity index (χ2n) is 13.6. The molecule has 3 N–H and O–H groups in total. The minimum absolute atomic E-state index is 0.353. The van der Waals surface area contributed by atoms with Crippen molar-refractivity contribution in [1.82, 2.24) is 0 Å². The minimum Gasteiger partial charge on any atom is -0.393 e. The lowest BCUT2D eigenvalue weighted by atomic mass is 9.65. The lowest BCUT2D eigenvalue weighted by Crippen LogP contribution is -2.33. The Labute approximate surface area is 243 Å². The van der Waals surface area contributed by atoms with E-state index in [1.54, 1.807) is 0 Å². The Morgan fingerprint density at radius 1 is 0.450 bits per heavy atom. The zero-order valence-electron chi connectivity index (χ0n) is 26.4. The van der Waals surface area contributed by atoms with Crippen LogP contribution in [0.1, 0.15) is 115 Å². The van der Waals surface area contributed by atoms with Crippen molar-refractivity contribution in [2.24, 2.45) is 0 Å². The molecule has 0 aliphatic carbocycles. The molecule has 0 radical (unpaired) electrons. The summed E-state index contributed by atoms with van der Waals surface area (Å²) in [7, 11) is 0. The highest BCUT2D eigenvalue weighted by molar-refractivity contribution is 5.53. The van der Waals surface area contributed by atoms with Crippen molar-refractivity contribution in [3.8, 4) is 0 Å². The largest absolute Gasteiger partial charge is 0.393 e. The summed E-state index contributed by atoms with van der Waals surface area (Å²) in [5, 5.41) is 31.3. The molecular formula is C37H52O3. The van der Waals surface area contributed by atoms with Crippen molar-refractivity contribution in [2.45, 2.75) is 122 Å². The second kappa shape index (κ2) is 11.8. The third-order valence-corrected chi connectivity index (χ3v) is 10.1. The first-order chi connectivity index (χ1) is 18.5. The molecule has 3 aromatic carbocycles. The van der Waals surface area contributed by atoms with Crippen LogP contribution in [-0.4, -0.2) is 33.6 Å². The molecule has 3 atom stereocenters. The molecule has 0 bridgehead atoms. The topological polar surface area (TPSA) is 60.7 Å². The normalized spacial score (nSPS) is 16.7. The van der Waals surface area contributed by atoms with Crippen LogP contribution in [0.4, 0.5) is 0 Å². The van der Waals surface area contributed by atoms with Gasteiger partial charge >= 0.3 is 0 Å². The first-order valence-corrected chi connectivity index (χ1v) is 14.9. The van der Waals surface area contributed by atoms with Gasteiger partial charge in [0.1, 0.15) is 0 Å². The van der Waals surface area contributed by atoms with Gasteiger partial charge < -0.3 is 15.3 Å². The molecule has 40 heavy (non-hydrogen) atoms. The van der Waals surface area contributed by atoms with Gasteiger partial charge in [-0.15, -0.1) is 0 Å². The van der Waals surface area contributed by atoms with E-state index in [1.165, 1.54) is 16.7 Å². The lowest BCUT2D eigenvalue weighted by Gasteiger charge is -2.38. The van der Waals surface area contributed by atoms with Crippen molar-refractivity contribution in [3.63, 3.8) is 0 Å². The SMILES string of the molecule is CCCC(c1ccc(C(C)(C)C(C)O)cc1)(c1ccc(C(C)(C)C(C)O)cc1)c1ccc(C(C)(C)C(C)O)cc1. The predicted octanol–water partition coefficient (Wildman–Crippen LogP) is 7.80. The summed E-state index contributed by atoms with van der Waals surface area (Å²) in [5.74, 6) is 0. The molecule has 218 valence electrons. The number of aliphatic hydroxyl groups excluding tert-OH is 3. The standard InChI is InChI=1S/C37H52O3/c1-11-24-37(31-18-12-28(13-19-31)34(5,6)25(2)38,32-20-14-29(15-21-32)35(7,8)26(3)39)33-22-16-30(17-23-33)36(9,10)27(4)40/h12-23,25-27,38-40H,11,24H2,1-10H3. The number of hydrogen-bond acceptors (Lipinski definition) is 3. The van der Waals surface area contributed by atoms with Crippen LogP contribution >= 0.6 is 0 Å². The maximum absolute atomic E-state index is 10.4. The van der Waals surface area contributed by atoms with E-state index in [4.69, 9.17) is 0 Å². The molecule has 3 unspecified atom stereocenters. The van der Waals surface area contributed by atoms with Crippen molar-refractivity contribution >= 4 is 0 Å². The number of benzene rings is 3. The smallest absolute Gasteiger partial charge is 0.0603 e. The van der Waals surface area contributed by atoms with E-state index in [0.717, 1.165) is 29.5 Å². The van der Waals surface area contributed by atoms with Gasteiger partial charge in [0.2, 0.25) is 0 Å². The fourth-order valence-electron chi connectivity index (χ4n) is 5.58. The molecule has 0 spiro atoms. The van der Waals surface area contributed by atoms with Gasteiger partial charge in [0.05, 0.1) is 18.3 Å². The highest BCUT2D eigenvalue weighted by Crippen LogP contribution is 2.45. The van der Waals surface area contributed by atoms with Gasteiger partial charge in [-0.2, -0.15) is 0 Å². The molecule has 3 heteroatoms. The van der Waals surface area contributed by atoms with Crippen LogP contribution in [0.2, 0.25) is 0 Å². The molecule has 0 heterocycles. The third-order valence-electron chi connectivity index (χ3n) is 10.1. The van der Waals surface area contributed by atoms with E-state index in [1.807, 2.05) is 20.8 Å². The summed E-state index contributed by atoms with van der Waals surface area (Å²) in [4.78, 5) is 0. The highest BCUT2D eigenvalue weighted by atomic mass is 16.3. The van der Waals surface area contributed by atoms with E-state index in [0.29, 0.717) is 0 Å². The first-order valence-electron chi connectivity index (χ1n) is 14.9. The molecule has 0 amide bonds. The highest BCUT2D eigenvalue weighted by Gasteiger charge is 2.38. The zero-order chi connectivity index (χ0) is 30.1. The molecule has 3 rings (SSSR count). The number of hydrogen-bond donors (Lipinski definition) is 3. The minimum atomic E-state index is -0.464. The average molecular weight is 545 g/mol. The van der Waals surface area contributed by atoms with Gasteiger partial charge in [0.25, 0.3) is 0 Å². The van der Waals surface area contributed by atoms with Crippen LogP contribution in [0.15, 0.2) is 72.8 Å². The van der Waals surface area contributed by atoms with Gasteiger partial charge in [-0.05, 0) is 60.6 Å². The van der Waals surface area contributed by atoms with Gasteiger partial charge in [-0.1, -0.05) is 128 Å². The Morgan fingerprint density at radius 3 is 0.825 bits per heavy atom. The summed E-state index contributed by atoms with van der Waals surface area (Å²) in [6, 6.07) is 26.4. The van der Waals surface area contributed by atoms with Gasteiger partial charge in [0.15, 0.2) is 0 Å². The van der Waals surface area contributed by atoms with Crippen LogP contribution in [-0.2, 0) is 21.7 Å². The third kappa shape index (κ3) is 5.79. The molecule has 0 aliphatic rings. The summed E-state index contributed by atoms with van der Waals surface area (Å²) in [5.41, 5.74) is 5.53. The molecule has 0 aromatic heterocycles. The first kappa shape index (κ1) is 32.1. The molecule has 3 aromatic rings. The van der Waals surface area contributed by atoms with Crippen molar-refractivity contribution in [3.05, 3.63) is 106 Å². The Balaban J connectivity index is 2.26. The van der Waals surface area contributed by atoms with Crippen molar-refractivity contribution < 1.29 is 15.3 Å². The predicted molar refractivity (Wildman–Crippen MR) is 168 cm³/mol. The zero-order valence-corrected chi connectivity index (χ0v) is 26.4. The second-order valence-corrected chi connectivity index (χ2v) is 13.6. The van der Waals surface area contributed by atoms with Crippen molar-refractivity contribution in [2.75, 3.05) is 0 Å². The van der Waals surface area contributed by atoms with Crippen LogP contribution in [0.5, 0.6) is 0 Å². The fourth-order valence-corrected chi connectivity index (χ4v) is 5.58. The van der Waals surface area contributed by atoms with Gasteiger partial charge in [-0.25, -0.2) is 0 Å². The van der Waals surface area contributed by atoms with Gasteiger partial charge in [-0.3, -0.25) is 0 Å². The number of aliphatic hydroxyl groups is 3. The Hall–Kier alpha value is -2.46. The summed E-state index contributed by atoms with van der Waals surface area (Å²) >= 11 is 0. The van der Waals surface area contributed by atoms with E-state index in [2.05, 4.69) is 121 Å². The van der Waals surface area contributed by atoms with Crippen LogP contribution < -0.4 is 0 Å². The summed E-state index contributed by atoms with van der Waals surface area (Å²) in [6.07, 6.45) is 0.517. The summed E-state index contributed by atoms with van der Waals surface area (Å²) in [6.45, 7) is 20.3. The maximum Gasteiger partial charge on any atom is 0.0603 e. The van der Waals surface area contributed by atoms with Gasteiger partial charge in [0, 0.05) is 21.7 Å². The van der Waals surface area contributed by atoms with Crippen LogP contribution in [0, 0.1) is 0 Å². The lowest BCUT2D eigenvalue weighted by molar-refractivity contribution is 0.118. The molecule has 3 nitrogen and oxygen atoms in total. The van der Waals surface area contributed by atoms with E-state index in [-0.39, 0.29) is 21.7 Å². The quantitative estimate of drug-likeness (QED) is 0.216. The van der Waals surface area contributed by atoms with E-state index < -0.39 is 18.3 Å². The van der Waals surface area contributed by atoms with E-state index >= 15 is 0 Å². The Kier molecular flexibility index (Phi) is 9.46.